The Balaban J connectivity index is 1.90. The summed E-state index contributed by atoms with van der Waals surface area (Å²) in [5.74, 6) is 0. The van der Waals surface area contributed by atoms with E-state index in [0.29, 0.717) is 0 Å². The van der Waals surface area contributed by atoms with Crippen LogP contribution in [0, 0.1) is 6.92 Å². The van der Waals surface area contributed by atoms with Crippen molar-refractivity contribution in [2.75, 3.05) is 0 Å². The molecule has 0 saturated heterocycles. The lowest BCUT2D eigenvalue weighted by Gasteiger charge is -2.10. The standard InChI is InChI=1S/C16H21N3/c1-3-15-13(10-17-14-8-9-14)11-18-19(15)16-7-5-4-6-12(16)2/h4-7,11,14,17H,3,8-10H2,1-2H3. The van der Waals surface area contributed by atoms with Gasteiger partial charge in [-0.05, 0) is 37.8 Å². The normalized spacial score (nSPS) is 14.8. The highest BCUT2D eigenvalue weighted by Gasteiger charge is 2.21. The molecule has 2 aromatic rings. The zero-order chi connectivity index (χ0) is 13.2. The molecule has 0 unspecified atom stereocenters. The molecule has 1 saturated carbocycles. The summed E-state index contributed by atoms with van der Waals surface area (Å²) < 4.78 is 2.10. The minimum absolute atomic E-state index is 0.742. The summed E-state index contributed by atoms with van der Waals surface area (Å²) in [6.45, 7) is 5.28. The third-order valence-corrected chi connectivity index (χ3v) is 3.79. The van der Waals surface area contributed by atoms with Crippen molar-refractivity contribution in [3.63, 3.8) is 0 Å². The smallest absolute Gasteiger partial charge is 0.0678 e. The molecule has 1 heterocycles. The van der Waals surface area contributed by atoms with Gasteiger partial charge in [-0.25, -0.2) is 4.68 Å². The molecule has 100 valence electrons. The van der Waals surface area contributed by atoms with Crippen molar-refractivity contribution < 1.29 is 0 Å². The number of hydrogen-bond acceptors (Lipinski definition) is 2. The molecular formula is C16H21N3. The Morgan fingerprint density at radius 2 is 2.11 bits per heavy atom. The van der Waals surface area contributed by atoms with E-state index in [9.17, 15) is 0 Å². The number of nitrogens with one attached hydrogen (secondary N) is 1. The Labute approximate surface area is 114 Å². The lowest BCUT2D eigenvalue weighted by molar-refractivity contribution is 0.680. The van der Waals surface area contributed by atoms with E-state index < -0.39 is 0 Å². The van der Waals surface area contributed by atoms with Crippen molar-refractivity contribution in [2.45, 2.75) is 45.7 Å². The summed E-state index contributed by atoms with van der Waals surface area (Å²) in [6, 6.07) is 9.17. The second-order valence-electron chi connectivity index (χ2n) is 5.32. The van der Waals surface area contributed by atoms with Gasteiger partial charge in [0.05, 0.1) is 11.9 Å². The number of para-hydroxylation sites is 1. The SMILES string of the molecule is CCc1c(CNC2CC2)cnn1-c1ccccc1C. The van der Waals surface area contributed by atoms with Crippen molar-refractivity contribution >= 4 is 0 Å². The van der Waals surface area contributed by atoms with Crippen LogP contribution < -0.4 is 5.32 Å². The second-order valence-corrected chi connectivity index (χ2v) is 5.32. The first-order chi connectivity index (χ1) is 9.29. The van der Waals surface area contributed by atoms with Gasteiger partial charge in [0, 0.05) is 23.8 Å². The van der Waals surface area contributed by atoms with Gasteiger partial charge in [0.2, 0.25) is 0 Å². The van der Waals surface area contributed by atoms with Crippen LogP contribution in [0.4, 0.5) is 0 Å². The topological polar surface area (TPSA) is 29.9 Å². The Bertz CT molecular complexity index is 567. The van der Waals surface area contributed by atoms with Gasteiger partial charge in [0.1, 0.15) is 0 Å². The molecule has 19 heavy (non-hydrogen) atoms. The average molecular weight is 255 g/mol. The van der Waals surface area contributed by atoms with Crippen LogP contribution in [-0.4, -0.2) is 15.8 Å². The van der Waals surface area contributed by atoms with Gasteiger partial charge >= 0.3 is 0 Å². The van der Waals surface area contributed by atoms with Crippen LogP contribution in [-0.2, 0) is 13.0 Å². The molecule has 0 atom stereocenters. The van der Waals surface area contributed by atoms with Crippen LogP contribution in [0.5, 0.6) is 0 Å². The highest BCUT2D eigenvalue weighted by molar-refractivity contribution is 5.41. The summed E-state index contributed by atoms with van der Waals surface area (Å²) >= 11 is 0. The van der Waals surface area contributed by atoms with E-state index in [4.69, 9.17) is 0 Å². The van der Waals surface area contributed by atoms with Gasteiger partial charge in [0.25, 0.3) is 0 Å². The molecule has 0 spiro atoms. The van der Waals surface area contributed by atoms with Gasteiger partial charge in [0.15, 0.2) is 0 Å². The molecule has 0 amide bonds. The van der Waals surface area contributed by atoms with Crippen molar-refractivity contribution in [1.82, 2.24) is 15.1 Å². The zero-order valence-electron chi connectivity index (χ0n) is 11.7. The number of aromatic nitrogens is 2. The third kappa shape index (κ3) is 2.56. The van der Waals surface area contributed by atoms with Gasteiger partial charge in [-0.1, -0.05) is 25.1 Å². The summed E-state index contributed by atoms with van der Waals surface area (Å²) in [6.07, 6.45) is 5.68. The van der Waals surface area contributed by atoms with Crippen LogP contribution in [0.1, 0.15) is 36.6 Å². The average Bonchev–Trinajstić information content (AvgIpc) is 3.16. The first kappa shape index (κ1) is 12.4. The van der Waals surface area contributed by atoms with E-state index >= 15 is 0 Å². The molecule has 1 aliphatic rings. The maximum absolute atomic E-state index is 4.59. The van der Waals surface area contributed by atoms with Gasteiger partial charge < -0.3 is 5.32 Å². The van der Waals surface area contributed by atoms with E-state index in [-0.39, 0.29) is 0 Å². The van der Waals surface area contributed by atoms with Crippen LogP contribution in [0.3, 0.4) is 0 Å². The first-order valence-corrected chi connectivity index (χ1v) is 7.14. The maximum atomic E-state index is 4.59. The minimum Gasteiger partial charge on any atom is -0.310 e. The fourth-order valence-electron chi connectivity index (χ4n) is 2.48. The molecule has 1 aromatic heterocycles. The fourth-order valence-corrected chi connectivity index (χ4v) is 2.48. The van der Waals surface area contributed by atoms with E-state index in [0.717, 1.165) is 19.0 Å². The zero-order valence-corrected chi connectivity index (χ0v) is 11.7. The molecule has 1 N–H and O–H groups in total. The number of rotatable bonds is 5. The summed E-state index contributed by atoms with van der Waals surface area (Å²) in [4.78, 5) is 0. The van der Waals surface area contributed by atoms with E-state index in [1.54, 1.807) is 0 Å². The largest absolute Gasteiger partial charge is 0.310 e. The molecule has 1 fully saturated rings. The fraction of sp³-hybridized carbons (Fsp3) is 0.438. The first-order valence-electron chi connectivity index (χ1n) is 7.14. The Hall–Kier alpha value is -1.61. The Morgan fingerprint density at radius 3 is 2.79 bits per heavy atom. The number of nitrogens with zero attached hydrogens (tertiary/aromatic N) is 2. The third-order valence-electron chi connectivity index (χ3n) is 3.79. The molecule has 1 aromatic carbocycles. The Morgan fingerprint density at radius 1 is 1.32 bits per heavy atom. The van der Waals surface area contributed by atoms with Gasteiger partial charge in [-0.2, -0.15) is 5.10 Å². The van der Waals surface area contributed by atoms with E-state index in [2.05, 4.69) is 53.2 Å². The van der Waals surface area contributed by atoms with Gasteiger partial charge in [-0.15, -0.1) is 0 Å². The van der Waals surface area contributed by atoms with Crippen LogP contribution in [0.2, 0.25) is 0 Å². The molecule has 0 bridgehead atoms. The molecule has 0 aliphatic heterocycles. The monoisotopic (exact) mass is 255 g/mol. The molecule has 3 rings (SSSR count). The lowest BCUT2D eigenvalue weighted by Crippen LogP contribution is -2.16. The van der Waals surface area contributed by atoms with Gasteiger partial charge in [-0.3, -0.25) is 0 Å². The van der Waals surface area contributed by atoms with Crippen molar-refractivity contribution in [2.24, 2.45) is 0 Å². The number of hydrogen-bond donors (Lipinski definition) is 1. The Kier molecular flexibility index (Phi) is 3.38. The number of benzene rings is 1. The highest BCUT2D eigenvalue weighted by Crippen LogP contribution is 2.22. The minimum atomic E-state index is 0.742. The summed E-state index contributed by atoms with van der Waals surface area (Å²) in [5.41, 5.74) is 5.11. The van der Waals surface area contributed by atoms with Crippen LogP contribution >= 0.6 is 0 Å². The van der Waals surface area contributed by atoms with Crippen LogP contribution in [0.25, 0.3) is 5.69 Å². The molecular weight excluding hydrogens is 234 g/mol. The van der Waals surface area contributed by atoms with Crippen molar-refractivity contribution in [3.8, 4) is 5.69 Å². The van der Waals surface area contributed by atoms with Crippen LogP contribution in [0.15, 0.2) is 30.5 Å². The molecule has 1 aliphatic carbocycles. The highest BCUT2D eigenvalue weighted by atomic mass is 15.3. The predicted molar refractivity (Wildman–Crippen MR) is 77.5 cm³/mol. The number of aryl methyl sites for hydroxylation is 1. The summed E-state index contributed by atoms with van der Waals surface area (Å²) in [7, 11) is 0. The van der Waals surface area contributed by atoms with E-state index in [1.807, 2.05) is 6.20 Å². The molecule has 3 heteroatoms. The lowest BCUT2D eigenvalue weighted by atomic mass is 10.1. The predicted octanol–water partition coefficient (Wildman–Crippen LogP) is 3.00. The van der Waals surface area contributed by atoms with Crippen molar-refractivity contribution in [1.29, 1.82) is 0 Å². The summed E-state index contributed by atoms with van der Waals surface area (Å²) in [5, 5.41) is 8.17. The van der Waals surface area contributed by atoms with E-state index in [1.165, 1.54) is 35.3 Å². The molecule has 0 radical (unpaired) electrons. The molecule has 3 nitrogen and oxygen atoms in total. The quantitative estimate of drug-likeness (QED) is 0.890. The van der Waals surface area contributed by atoms with Crippen molar-refractivity contribution in [3.05, 3.63) is 47.3 Å². The maximum Gasteiger partial charge on any atom is 0.0678 e. The second kappa shape index (κ2) is 5.17.